The van der Waals surface area contributed by atoms with Crippen molar-refractivity contribution in [3.05, 3.63) is 35.4 Å². The van der Waals surface area contributed by atoms with Crippen molar-refractivity contribution in [2.24, 2.45) is 5.92 Å². The van der Waals surface area contributed by atoms with Crippen LogP contribution < -0.4 is 0 Å². The molecule has 1 nitrogen and oxygen atoms in total. The molecule has 96 valence electrons. The Morgan fingerprint density at radius 1 is 1.06 bits per heavy atom. The second-order valence-electron chi connectivity index (χ2n) is 4.94. The minimum atomic E-state index is 0.906. The van der Waals surface area contributed by atoms with Crippen LogP contribution in [-0.2, 0) is 6.42 Å². The maximum Gasteiger partial charge on any atom is -0.00190 e. The van der Waals surface area contributed by atoms with Gasteiger partial charge in [-0.25, -0.2) is 0 Å². The third-order valence-corrected chi connectivity index (χ3v) is 3.48. The van der Waals surface area contributed by atoms with Gasteiger partial charge in [0.25, 0.3) is 0 Å². The number of rotatable bonds is 2. The topological polar surface area (TPSA) is 3.24 Å². The van der Waals surface area contributed by atoms with Crippen LogP contribution in [0.2, 0.25) is 0 Å². The van der Waals surface area contributed by atoms with Crippen molar-refractivity contribution >= 4 is 0 Å². The van der Waals surface area contributed by atoms with Gasteiger partial charge in [-0.15, -0.1) is 0 Å². The maximum atomic E-state index is 2.44. The molecule has 1 aliphatic rings. The van der Waals surface area contributed by atoms with Gasteiger partial charge in [-0.2, -0.15) is 0 Å². The van der Waals surface area contributed by atoms with Gasteiger partial charge < -0.3 is 4.90 Å². The molecule has 0 aromatic heterocycles. The predicted molar refractivity (Wildman–Crippen MR) is 76.5 cm³/mol. The molecular weight excluding hydrogens is 206 g/mol. The molecule has 0 spiro atoms. The van der Waals surface area contributed by atoms with E-state index in [1.165, 1.54) is 43.5 Å². The normalized spacial score (nSPS) is 17.4. The summed E-state index contributed by atoms with van der Waals surface area (Å²) in [5.74, 6) is 0.906. The lowest BCUT2D eigenvalue weighted by Crippen LogP contribution is -2.30. The molecule has 2 rings (SSSR count). The third kappa shape index (κ3) is 4.91. The Morgan fingerprint density at radius 2 is 1.59 bits per heavy atom. The first-order chi connectivity index (χ1) is 8.24. The minimum Gasteiger partial charge on any atom is -0.306 e. The van der Waals surface area contributed by atoms with Gasteiger partial charge in [0, 0.05) is 0 Å². The summed E-state index contributed by atoms with van der Waals surface area (Å²) < 4.78 is 0. The fraction of sp³-hybridized carbons (Fsp3) is 0.625. The van der Waals surface area contributed by atoms with Gasteiger partial charge in [0.05, 0.1) is 0 Å². The molecule has 0 amide bonds. The zero-order valence-electron chi connectivity index (χ0n) is 11.9. The van der Waals surface area contributed by atoms with Crippen LogP contribution in [0.25, 0.3) is 0 Å². The fourth-order valence-corrected chi connectivity index (χ4v) is 2.32. The van der Waals surface area contributed by atoms with Crippen LogP contribution in [-0.4, -0.2) is 25.0 Å². The number of aryl methyl sites for hydroxylation is 1. The summed E-state index contributed by atoms with van der Waals surface area (Å²) >= 11 is 0. The van der Waals surface area contributed by atoms with Gasteiger partial charge in [0.15, 0.2) is 0 Å². The van der Waals surface area contributed by atoms with Crippen LogP contribution in [0, 0.1) is 12.8 Å². The van der Waals surface area contributed by atoms with Crippen molar-refractivity contribution in [1.82, 2.24) is 4.90 Å². The molecule has 1 heterocycles. The molecular formula is C16H27N. The predicted octanol–water partition coefficient (Wildman–Crippen LogP) is 3.91. The number of nitrogens with zero attached hydrogens (tertiary/aromatic N) is 1. The van der Waals surface area contributed by atoms with Gasteiger partial charge >= 0.3 is 0 Å². The van der Waals surface area contributed by atoms with Crippen molar-refractivity contribution < 1.29 is 0 Å². The molecule has 1 aliphatic heterocycles. The Hall–Kier alpha value is -0.820. The molecule has 1 aromatic carbocycles. The van der Waals surface area contributed by atoms with E-state index >= 15 is 0 Å². The Labute approximate surface area is 107 Å². The smallest absolute Gasteiger partial charge is 0.00190 e. The molecule has 1 fully saturated rings. The van der Waals surface area contributed by atoms with Crippen LogP contribution in [0.5, 0.6) is 0 Å². The largest absolute Gasteiger partial charge is 0.306 e. The van der Waals surface area contributed by atoms with Gasteiger partial charge in [-0.05, 0) is 57.8 Å². The third-order valence-electron chi connectivity index (χ3n) is 3.48. The van der Waals surface area contributed by atoms with Crippen LogP contribution in [0.4, 0.5) is 0 Å². The van der Waals surface area contributed by atoms with Crippen molar-refractivity contribution in [1.29, 1.82) is 0 Å². The summed E-state index contributed by atoms with van der Waals surface area (Å²) in [4.78, 5) is 2.44. The maximum absolute atomic E-state index is 2.44. The number of hydrogen-bond donors (Lipinski definition) is 0. The lowest BCUT2D eigenvalue weighted by Gasteiger charge is -2.28. The summed E-state index contributed by atoms with van der Waals surface area (Å²) in [6.07, 6.45) is 4.00. The summed E-state index contributed by atoms with van der Waals surface area (Å²) in [7, 11) is 2.22. The van der Waals surface area contributed by atoms with Gasteiger partial charge in [0.1, 0.15) is 0 Å². The highest BCUT2D eigenvalue weighted by Crippen LogP contribution is 2.20. The first-order valence-electron chi connectivity index (χ1n) is 6.98. The van der Waals surface area contributed by atoms with Crippen molar-refractivity contribution in [3.63, 3.8) is 0 Å². The average molecular weight is 233 g/mol. The number of piperidine rings is 1. The molecule has 0 unspecified atom stereocenters. The van der Waals surface area contributed by atoms with Crippen molar-refractivity contribution in [2.45, 2.75) is 40.0 Å². The van der Waals surface area contributed by atoms with Gasteiger partial charge in [-0.1, -0.05) is 43.7 Å². The van der Waals surface area contributed by atoms with E-state index in [1.54, 1.807) is 0 Å². The molecule has 1 aromatic rings. The molecule has 0 saturated carbocycles. The molecule has 1 heteroatoms. The van der Waals surface area contributed by atoms with E-state index in [2.05, 4.69) is 43.1 Å². The lowest BCUT2D eigenvalue weighted by atomic mass is 9.90. The average Bonchev–Trinajstić information content (AvgIpc) is 2.37. The van der Waals surface area contributed by atoms with Crippen LogP contribution >= 0.6 is 0 Å². The summed E-state index contributed by atoms with van der Waals surface area (Å²) in [5, 5.41) is 0. The van der Waals surface area contributed by atoms with Gasteiger partial charge in [0.2, 0.25) is 0 Å². The fourth-order valence-electron chi connectivity index (χ4n) is 2.32. The minimum absolute atomic E-state index is 0.906. The van der Waals surface area contributed by atoms with E-state index in [-0.39, 0.29) is 0 Å². The summed E-state index contributed by atoms with van der Waals surface area (Å²) in [5.41, 5.74) is 2.87. The molecule has 0 N–H and O–H groups in total. The van der Waals surface area contributed by atoms with Crippen molar-refractivity contribution in [2.75, 3.05) is 20.1 Å². The molecule has 1 saturated heterocycles. The molecule has 0 aliphatic carbocycles. The van der Waals surface area contributed by atoms with E-state index in [4.69, 9.17) is 0 Å². The molecule has 0 atom stereocenters. The SMILES string of the molecule is CC.Cc1ccc(CC2CCN(C)CC2)cc1. The highest BCUT2D eigenvalue weighted by Gasteiger charge is 2.16. The Morgan fingerprint density at radius 3 is 2.12 bits per heavy atom. The van der Waals surface area contributed by atoms with Crippen molar-refractivity contribution in [3.8, 4) is 0 Å². The molecule has 17 heavy (non-hydrogen) atoms. The van der Waals surface area contributed by atoms with E-state index in [9.17, 15) is 0 Å². The van der Waals surface area contributed by atoms with E-state index < -0.39 is 0 Å². The quantitative estimate of drug-likeness (QED) is 0.748. The van der Waals surface area contributed by atoms with E-state index in [0.717, 1.165) is 5.92 Å². The number of hydrogen-bond acceptors (Lipinski definition) is 1. The van der Waals surface area contributed by atoms with Crippen LogP contribution in [0.3, 0.4) is 0 Å². The number of benzene rings is 1. The zero-order valence-corrected chi connectivity index (χ0v) is 11.9. The Bertz CT molecular complexity index is 294. The van der Waals surface area contributed by atoms with Gasteiger partial charge in [-0.3, -0.25) is 0 Å². The highest BCUT2D eigenvalue weighted by molar-refractivity contribution is 5.21. The summed E-state index contributed by atoms with van der Waals surface area (Å²) in [6.45, 7) is 8.70. The second kappa shape index (κ2) is 7.50. The Balaban J connectivity index is 0.000000686. The first-order valence-corrected chi connectivity index (χ1v) is 6.98. The molecule has 0 radical (unpaired) electrons. The van der Waals surface area contributed by atoms with E-state index in [0.29, 0.717) is 0 Å². The molecule has 0 bridgehead atoms. The second-order valence-corrected chi connectivity index (χ2v) is 4.94. The lowest BCUT2D eigenvalue weighted by molar-refractivity contribution is 0.219. The van der Waals surface area contributed by atoms with Crippen LogP contribution in [0.15, 0.2) is 24.3 Å². The zero-order chi connectivity index (χ0) is 12.7. The van der Waals surface area contributed by atoms with E-state index in [1.807, 2.05) is 13.8 Å². The summed E-state index contributed by atoms with van der Waals surface area (Å²) in [6, 6.07) is 9.02. The standard InChI is InChI=1S/C14H21N.C2H6/c1-12-3-5-13(6-4-12)11-14-7-9-15(2)10-8-14;1-2/h3-6,14H,7-11H2,1-2H3;1-2H3. The highest BCUT2D eigenvalue weighted by atomic mass is 15.1. The Kier molecular flexibility index (Phi) is 6.28. The van der Waals surface area contributed by atoms with Crippen LogP contribution in [0.1, 0.15) is 37.8 Å². The monoisotopic (exact) mass is 233 g/mol. The first kappa shape index (κ1) is 14.2. The number of likely N-dealkylation sites (tertiary alicyclic amines) is 1.